The van der Waals surface area contributed by atoms with E-state index in [4.69, 9.17) is 14.7 Å². The molecule has 1 aromatic heterocycles. The van der Waals surface area contributed by atoms with Crippen LogP contribution in [0, 0.1) is 13.8 Å². The number of hydrogen-bond donors (Lipinski definition) is 1. The molecule has 4 aromatic carbocycles. The molecule has 1 unspecified atom stereocenters. The molecule has 1 N–H and O–H groups in total. The first-order valence-electron chi connectivity index (χ1n) is 12.9. The zero-order valence-corrected chi connectivity index (χ0v) is 22.1. The second kappa shape index (κ2) is 11.3. The minimum atomic E-state index is -0.930. The number of carbonyl (C=O) groups is 2. The van der Waals surface area contributed by atoms with Crippen LogP contribution < -0.4 is 5.32 Å². The van der Waals surface area contributed by atoms with Crippen LogP contribution in [0.15, 0.2) is 97.1 Å². The van der Waals surface area contributed by atoms with E-state index in [0.29, 0.717) is 28.7 Å². The molecule has 0 radical (unpaired) electrons. The Bertz CT molecular complexity index is 1630. The third-order valence-corrected chi connectivity index (χ3v) is 6.40. The first-order valence-corrected chi connectivity index (χ1v) is 12.9. The fraction of sp³-hybridized carbons (Fsp3) is 0.152. The summed E-state index contributed by atoms with van der Waals surface area (Å²) in [5.74, 6) is -0.954. The lowest BCUT2D eigenvalue weighted by Gasteiger charge is -2.17. The summed E-state index contributed by atoms with van der Waals surface area (Å²) in [6.45, 7) is 5.74. The van der Waals surface area contributed by atoms with Gasteiger partial charge in [0.1, 0.15) is 0 Å². The van der Waals surface area contributed by atoms with Crippen LogP contribution in [0.3, 0.4) is 0 Å². The van der Waals surface area contributed by atoms with Crippen LogP contribution in [0.4, 0.5) is 5.69 Å². The van der Waals surface area contributed by atoms with E-state index < -0.39 is 12.1 Å². The third kappa shape index (κ3) is 5.85. The molecule has 39 heavy (non-hydrogen) atoms. The highest BCUT2D eigenvalue weighted by molar-refractivity contribution is 5.99. The number of amides is 1. The van der Waals surface area contributed by atoms with Crippen LogP contribution in [-0.2, 0) is 9.53 Å². The van der Waals surface area contributed by atoms with Crippen molar-refractivity contribution in [1.29, 1.82) is 0 Å². The molecule has 6 heteroatoms. The maximum absolute atomic E-state index is 13.1. The van der Waals surface area contributed by atoms with E-state index in [1.807, 2.05) is 99.6 Å². The summed E-state index contributed by atoms with van der Waals surface area (Å²) in [4.78, 5) is 35.9. The number of nitrogens with zero attached hydrogens (tertiary/aromatic N) is 2. The highest BCUT2D eigenvalue weighted by atomic mass is 16.5. The highest BCUT2D eigenvalue weighted by Crippen LogP contribution is 2.31. The Morgan fingerprint density at radius 3 is 1.87 bits per heavy atom. The molecule has 0 aliphatic heterocycles. The van der Waals surface area contributed by atoms with Crippen molar-refractivity contribution in [3.05, 3.63) is 114 Å². The Morgan fingerprint density at radius 2 is 1.31 bits per heavy atom. The van der Waals surface area contributed by atoms with Crippen molar-refractivity contribution in [3.8, 4) is 22.5 Å². The number of nitrogens with one attached hydrogen (secondary N) is 1. The Kier molecular flexibility index (Phi) is 7.46. The zero-order valence-electron chi connectivity index (χ0n) is 22.1. The number of fused-ring (bicyclic) bond motifs is 1. The highest BCUT2D eigenvalue weighted by Gasteiger charge is 2.23. The fourth-order valence-corrected chi connectivity index (χ4v) is 4.56. The molecule has 0 aliphatic rings. The lowest BCUT2D eigenvalue weighted by Crippen LogP contribution is -2.32. The standard InChI is InChI=1S/C33H29N3O3/c1-4-29(32(37)34-26-18-21(2)17-22(3)19-26)39-33(38)25-15-16-27-28(20-25)36-31(24-13-9-6-10-14-24)30(35-27)23-11-7-5-8-12-23/h5-20,29H,4H2,1-3H3,(H,34,37). The average Bonchev–Trinajstić information content (AvgIpc) is 2.95. The maximum atomic E-state index is 13.1. The van der Waals surface area contributed by atoms with Crippen LogP contribution in [0.25, 0.3) is 33.5 Å². The molecule has 0 saturated heterocycles. The molecular weight excluding hydrogens is 486 g/mol. The van der Waals surface area contributed by atoms with E-state index in [2.05, 4.69) is 5.32 Å². The Balaban J connectivity index is 1.44. The van der Waals surface area contributed by atoms with Gasteiger partial charge in [-0.25, -0.2) is 14.8 Å². The SMILES string of the molecule is CCC(OC(=O)c1ccc2nc(-c3ccccc3)c(-c3ccccc3)nc2c1)C(=O)Nc1cc(C)cc(C)c1. The van der Waals surface area contributed by atoms with Crippen LogP contribution in [0.5, 0.6) is 0 Å². The number of ether oxygens (including phenoxy) is 1. The van der Waals surface area contributed by atoms with Crippen molar-refractivity contribution in [2.75, 3.05) is 5.32 Å². The van der Waals surface area contributed by atoms with E-state index >= 15 is 0 Å². The van der Waals surface area contributed by atoms with Gasteiger partial charge in [-0.05, 0) is 61.7 Å². The van der Waals surface area contributed by atoms with Crippen molar-refractivity contribution in [2.45, 2.75) is 33.3 Å². The average molecular weight is 516 g/mol. The second-order valence-corrected chi connectivity index (χ2v) is 9.52. The first-order chi connectivity index (χ1) is 18.9. The van der Waals surface area contributed by atoms with Crippen LogP contribution in [0.2, 0.25) is 0 Å². The van der Waals surface area contributed by atoms with Gasteiger partial charge >= 0.3 is 5.97 Å². The third-order valence-electron chi connectivity index (χ3n) is 6.40. The van der Waals surface area contributed by atoms with E-state index in [-0.39, 0.29) is 5.91 Å². The van der Waals surface area contributed by atoms with Gasteiger partial charge in [-0.3, -0.25) is 4.79 Å². The largest absolute Gasteiger partial charge is 0.449 e. The molecule has 5 aromatic rings. The molecule has 0 spiro atoms. The maximum Gasteiger partial charge on any atom is 0.338 e. The zero-order chi connectivity index (χ0) is 27.4. The Labute approximate surface area is 227 Å². The van der Waals surface area contributed by atoms with Gasteiger partial charge in [-0.1, -0.05) is 73.7 Å². The van der Waals surface area contributed by atoms with E-state index in [9.17, 15) is 9.59 Å². The number of esters is 1. The van der Waals surface area contributed by atoms with Crippen LogP contribution in [0.1, 0.15) is 34.8 Å². The fourth-order valence-electron chi connectivity index (χ4n) is 4.56. The van der Waals surface area contributed by atoms with Crippen molar-refractivity contribution < 1.29 is 14.3 Å². The molecule has 1 heterocycles. The van der Waals surface area contributed by atoms with Gasteiger partial charge in [-0.15, -0.1) is 0 Å². The number of benzene rings is 4. The number of anilines is 1. The first kappa shape index (κ1) is 25.8. The topological polar surface area (TPSA) is 81.2 Å². The van der Waals surface area contributed by atoms with Gasteiger partial charge < -0.3 is 10.1 Å². The summed E-state index contributed by atoms with van der Waals surface area (Å²) in [5, 5.41) is 2.87. The van der Waals surface area contributed by atoms with Gasteiger partial charge in [-0.2, -0.15) is 0 Å². The summed E-state index contributed by atoms with van der Waals surface area (Å²) in [6.07, 6.45) is -0.589. The van der Waals surface area contributed by atoms with E-state index in [0.717, 1.165) is 33.6 Å². The van der Waals surface area contributed by atoms with Crippen molar-refractivity contribution in [1.82, 2.24) is 9.97 Å². The summed E-state index contributed by atoms with van der Waals surface area (Å²) in [7, 11) is 0. The molecule has 5 rings (SSSR count). The lowest BCUT2D eigenvalue weighted by atomic mass is 10.0. The van der Waals surface area contributed by atoms with Crippen molar-refractivity contribution in [3.63, 3.8) is 0 Å². The number of aromatic nitrogens is 2. The van der Waals surface area contributed by atoms with Gasteiger partial charge in [0.2, 0.25) is 0 Å². The normalized spacial score (nSPS) is 11.7. The minimum absolute atomic E-state index is 0.306. The van der Waals surface area contributed by atoms with Crippen LogP contribution in [-0.4, -0.2) is 27.9 Å². The molecule has 194 valence electrons. The predicted octanol–water partition coefficient (Wildman–Crippen LogP) is 7.15. The van der Waals surface area contributed by atoms with E-state index in [1.54, 1.807) is 18.2 Å². The summed E-state index contributed by atoms with van der Waals surface area (Å²) in [5.41, 5.74) is 7.65. The van der Waals surface area contributed by atoms with Gasteiger partial charge in [0.15, 0.2) is 6.10 Å². The number of hydrogen-bond acceptors (Lipinski definition) is 5. The Hall–Kier alpha value is -4.84. The lowest BCUT2D eigenvalue weighted by molar-refractivity contribution is -0.124. The van der Waals surface area contributed by atoms with E-state index in [1.165, 1.54) is 0 Å². The molecule has 0 bridgehead atoms. The Morgan fingerprint density at radius 1 is 0.744 bits per heavy atom. The molecule has 0 saturated carbocycles. The van der Waals surface area contributed by atoms with Crippen molar-refractivity contribution >= 4 is 28.6 Å². The molecule has 0 fully saturated rings. The monoisotopic (exact) mass is 515 g/mol. The molecule has 6 nitrogen and oxygen atoms in total. The number of carbonyl (C=O) groups excluding carboxylic acids is 2. The summed E-state index contributed by atoms with van der Waals surface area (Å²) in [6, 6.07) is 30.6. The molecule has 1 atom stereocenters. The summed E-state index contributed by atoms with van der Waals surface area (Å²) < 4.78 is 5.64. The molecule has 0 aliphatic carbocycles. The quantitative estimate of drug-likeness (QED) is 0.233. The minimum Gasteiger partial charge on any atom is -0.449 e. The van der Waals surface area contributed by atoms with Crippen LogP contribution >= 0.6 is 0 Å². The predicted molar refractivity (Wildman–Crippen MR) is 154 cm³/mol. The molecule has 1 amide bonds. The second-order valence-electron chi connectivity index (χ2n) is 9.52. The molecular formula is C33H29N3O3. The smallest absolute Gasteiger partial charge is 0.338 e. The van der Waals surface area contributed by atoms with Gasteiger partial charge in [0, 0.05) is 16.8 Å². The van der Waals surface area contributed by atoms with Gasteiger partial charge in [0.05, 0.1) is 28.0 Å². The number of rotatable bonds is 7. The summed E-state index contributed by atoms with van der Waals surface area (Å²) >= 11 is 0. The van der Waals surface area contributed by atoms with Crippen molar-refractivity contribution in [2.24, 2.45) is 0 Å². The number of aryl methyl sites for hydroxylation is 2. The van der Waals surface area contributed by atoms with Gasteiger partial charge in [0.25, 0.3) is 5.91 Å².